The zero-order valence-corrected chi connectivity index (χ0v) is 7.10. The molecule has 1 aromatic carbocycles. The molecule has 0 aliphatic heterocycles. The van der Waals surface area contributed by atoms with E-state index >= 15 is 0 Å². The zero-order chi connectivity index (χ0) is 9.26. The van der Waals surface area contributed by atoms with E-state index in [1.54, 1.807) is 0 Å². The lowest BCUT2D eigenvalue weighted by Gasteiger charge is -2.01. The van der Waals surface area contributed by atoms with Crippen molar-refractivity contribution in [2.75, 3.05) is 7.11 Å². The van der Waals surface area contributed by atoms with Crippen LogP contribution in [-0.4, -0.2) is 23.1 Å². The van der Waals surface area contributed by atoms with Gasteiger partial charge in [0.1, 0.15) is 12.6 Å². The highest BCUT2D eigenvalue weighted by Gasteiger charge is 2.08. The van der Waals surface area contributed by atoms with Gasteiger partial charge in [-0.15, -0.1) is 0 Å². The molecule has 2 aromatic rings. The lowest BCUT2D eigenvalue weighted by molar-refractivity contribution is 0.106. The Bertz CT molecular complexity index is 448. The van der Waals surface area contributed by atoms with Gasteiger partial charge in [-0.1, -0.05) is 12.1 Å². The largest absolute Gasteiger partial charge is 0.415 e. The number of aromatic nitrogens is 2. The van der Waals surface area contributed by atoms with Crippen molar-refractivity contribution >= 4 is 17.3 Å². The minimum atomic E-state index is 0.281. The van der Waals surface area contributed by atoms with Crippen LogP contribution in [0.4, 0.5) is 0 Å². The third kappa shape index (κ3) is 1.07. The molecule has 0 N–H and O–H groups in total. The van der Waals surface area contributed by atoms with E-state index in [1.807, 2.05) is 24.3 Å². The third-order valence-electron chi connectivity index (χ3n) is 1.83. The van der Waals surface area contributed by atoms with Gasteiger partial charge in [0, 0.05) is 0 Å². The fourth-order valence-electron chi connectivity index (χ4n) is 1.29. The molecule has 4 nitrogen and oxygen atoms in total. The number of hydrogen-bond acceptors (Lipinski definition) is 3. The molecule has 13 heavy (non-hydrogen) atoms. The molecule has 0 aliphatic carbocycles. The number of fused-ring (bicyclic) bond motifs is 1. The van der Waals surface area contributed by atoms with Crippen molar-refractivity contribution in [2.45, 2.75) is 0 Å². The van der Waals surface area contributed by atoms with E-state index in [0.717, 1.165) is 11.0 Å². The van der Waals surface area contributed by atoms with Crippen molar-refractivity contribution in [3.8, 4) is 0 Å². The zero-order valence-electron chi connectivity index (χ0n) is 7.10. The smallest absolute Gasteiger partial charge is 0.209 e. The number of benzene rings is 1. The summed E-state index contributed by atoms with van der Waals surface area (Å²) in [5, 5.41) is 0. The fourth-order valence-corrected chi connectivity index (χ4v) is 1.29. The van der Waals surface area contributed by atoms with Crippen LogP contribution in [0.5, 0.6) is 0 Å². The molecule has 0 bridgehead atoms. The Morgan fingerprint density at radius 2 is 2.23 bits per heavy atom. The predicted molar refractivity (Wildman–Crippen MR) is 47.6 cm³/mol. The molecule has 66 valence electrons. The predicted octanol–water partition coefficient (Wildman–Crippen LogP) is 0.907. The van der Waals surface area contributed by atoms with Crippen LogP contribution in [0.2, 0.25) is 0 Å². The molecule has 0 fully saturated rings. The SMILES string of the molecule is COn1c(C=O)nc2ccccc21. The Labute approximate surface area is 74.7 Å². The molecule has 0 unspecified atom stereocenters. The fraction of sp³-hybridized carbons (Fsp3) is 0.111. The Morgan fingerprint density at radius 1 is 1.46 bits per heavy atom. The van der Waals surface area contributed by atoms with Crippen molar-refractivity contribution in [3.05, 3.63) is 30.1 Å². The summed E-state index contributed by atoms with van der Waals surface area (Å²) in [4.78, 5) is 19.7. The summed E-state index contributed by atoms with van der Waals surface area (Å²) in [5.41, 5.74) is 1.55. The quantitative estimate of drug-likeness (QED) is 0.639. The Kier molecular flexibility index (Phi) is 1.73. The summed E-state index contributed by atoms with van der Waals surface area (Å²) >= 11 is 0. The van der Waals surface area contributed by atoms with Gasteiger partial charge in [0.25, 0.3) is 0 Å². The molecular weight excluding hydrogens is 168 g/mol. The second kappa shape index (κ2) is 2.90. The Hall–Kier alpha value is -1.84. The van der Waals surface area contributed by atoms with Crippen LogP contribution < -0.4 is 4.84 Å². The lowest BCUT2D eigenvalue weighted by atomic mass is 10.3. The summed E-state index contributed by atoms with van der Waals surface area (Å²) in [5.74, 6) is 0.281. The van der Waals surface area contributed by atoms with Crippen LogP contribution in [0.1, 0.15) is 10.6 Å². The second-order valence-corrected chi connectivity index (χ2v) is 2.55. The highest BCUT2D eigenvalue weighted by Crippen LogP contribution is 2.12. The van der Waals surface area contributed by atoms with Gasteiger partial charge in [-0.05, 0) is 12.1 Å². The van der Waals surface area contributed by atoms with Gasteiger partial charge < -0.3 is 4.84 Å². The number of para-hydroxylation sites is 2. The molecule has 0 aliphatic rings. The number of carbonyl (C=O) groups excluding carboxylic acids is 1. The molecule has 1 aromatic heterocycles. The Morgan fingerprint density at radius 3 is 2.92 bits per heavy atom. The maximum atomic E-state index is 10.6. The van der Waals surface area contributed by atoms with E-state index < -0.39 is 0 Å². The number of imidazole rings is 1. The molecule has 2 rings (SSSR count). The van der Waals surface area contributed by atoms with E-state index in [-0.39, 0.29) is 5.82 Å². The van der Waals surface area contributed by atoms with Crippen LogP contribution in [0.15, 0.2) is 24.3 Å². The molecule has 0 atom stereocenters. The van der Waals surface area contributed by atoms with E-state index in [2.05, 4.69) is 4.98 Å². The van der Waals surface area contributed by atoms with Gasteiger partial charge in [-0.25, -0.2) is 4.98 Å². The van der Waals surface area contributed by atoms with E-state index in [1.165, 1.54) is 11.8 Å². The summed E-state index contributed by atoms with van der Waals surface area (Å²) in [6, 6.07) is 7.41. The normalized spacial score (nSPS) is 10.2. The minimum absolute atomic E-state index is 0.281. The van der Waals surface area contributed by atoms with Crippen molar-refractivity contribution in [1.82, 2.24) is 9.71 Å². The van der Waals surface area contributed by atoms with Crippen LogP contribution in [-0.2, 0) is 0 Å². The van der Waals surface area contributed by atoms with Crippen LogP contribution in [0.25, 0.3) is 11.0 Å². The van der Waals surface area contributed by atoms with Gasteiger partial charge in [0.05, 0.1) is 5.52 Å². The first kappa shape index (κ1) is 7.79. The summed E-state index contributed by atoms with van der Waals surface area (Å²) < 4.78 is 1.41. The monoisotopic (exact) mass is 176 g/mol. The van der Waals surface area contributed by atoms with Gasteiger partial charge >= 0.3 is 0 Å². The molecule has 0 spiro atoms. The number of rotatable bonds is 2. The maximum Gasteiger partial charge on any atom is 0.209 e. The van der Waals surface area contributed by atoms with Crippen molar-refractivity contribution in [3.63, 3.8) is 0 Å². The van der Waals surface area contributed by atoms with Crippen LogP contribution >= 0.6 is 0 Å². The van der Waals surface area contributed by atoms with Crippen molar-refractivity contribution in [1.29, 1.82) is 0 Å². The first-order valence-electron chi connectivity index (χ1n) is 3.84. The maximum absolute atomic E-state index is 10.6. The first-order valence-corrected chi connectivity index (χ1v) is 3.84. The third-order valence-corrected chi connectivity index (χ3v) is 1.83. The first-order chi connectivity index (χ1) is 6.36. The summed E-state index contributed by atoms with van der Waals surface area (Å²) in [6.07, 6.45) is 0.670. The Balaban J connectivity index is 2.81. The van der Waals surface area contributed by atoms with Crippen molar-refractivity contribution in [2.24, 2.45) is 0 Å². The van der Waals surface area contributed by atoms with E-state index in [9.17, 15) is 4.79 Å². The molecule has 0 radical (unpaired) electrons. The van der Waals surface area contributed by atoms with E-state index in [0.29, 0.717) is 6.29 Å². The lowest BCUT2D eigenvalue weighted by Crippen LogP contribution is -2.09. The molecule has 0 saturated heterocycles. The van der Waals surface area contributed by atoms with Gasteiger partial charge in [-0.2, -0.15) is 4.73 Å². The minimum Gasteiger partial charge on any atom is -0.415 e. The highest BCUT2D eigenvalue weighted by molar-refractivity contribution is 5.82. The number of hydrogen-bond donors (Lipinski definition) is 0. The number of carbonyl (C=O) groups is 1. The van der Waals surface area contributed by atoms with Crippen LogP contribution in [0.3, 0.4) is 0 Å². The summed E-state index contributed by atoms with van der Waals surface area (Å²) in [7, 11) is 1.50. The average Bonchev–Trinajstić information content (AvgIpc) is 2.55. The molecule has 1 heterocycles. The van der Waals surface area contributed by atoms with Gasteiger partial charge in [-0.3, -0.25) is 4.79 Å². The standard InChI is InChI=1S/C9H8N2O2/c1-13-11-8-5-3-2-4-7(8)10-9(11)6-12/h2-6H,1H3. The number of aldehydes is 1. The van der Waals surface area contributed by atoms with Crippen LogP contribution in [0, 0.1) is 0 Å². The van der Waals surface area contributed by atoms with Gasteiger partial charge in [0.2, 0.25) is 5.82 Å². The van der Waals surface area contributed by atoms with Gasteiger partial charge in [0.15, 0.2) is 6.29 Å². The number of nitrogens with zero attached hydrogens (tertiary/aromatic N) is 2. The average molecular weight is 176 g/mol. The molecule has 0 saturated carbocycles. The summed E-state index contributed by atoms with van der Waals surface area (Å²) in [6.45, 7) is 0. The van der Waals surface area contributed by atoms with E-state index in [4.69, 9.17) is 4.84 Å². The second-order valence-electron chi connectivity index (χ2n) is 2.55. The molecule has 4 heteroatoms. The molecular formula is C9H8N2O2. The molecule has 0 amide bonds. The topological polar surface area (TPSA) is 44.1 Å². The highest BCUT2D eigenvalue weighted by atomic mass is 16.6. The van der Waals surface area contributed by atoms with Crippen molar-refractivity contribution < 1.29 is 9.63 Å².